The summed E-state index contributed by atoms with van der Waals surface area (Å²) in [6.07, 6.45) is 0. The summed E-state index contributed by atoms with van der Waals surface area (Å²) in [5.41, 5.74) is 1.06. The van der Waals surface area contributed by atoms with Crippen LogP contribution in [0.15, 0.2) is 59.5 Å². The predicted molar refractivity (Wildman–Crippen MR) is 98.7 cm³/mol. The van der Waals surface area contributed by atoms with Crippen LogP contribution in [0.5, 0.6) is 0 Å². The van der Waals surface area contributed by atoms with Crippen molar-refractivity contribution in [1.29, 1.82) is 0 Å². The monoisotopic (exact) mass is 392 g/mol. The molecule has 0 amide bonds. The lowest BCUT2D eigenvalue weighted by molar-refractivity contribution is 0.598. The standard InChI is InChI=1S/C17H14ClFN4O2S/c1-11-10-13(19)4-7-15(11)26(24,25)23-17-9-8-16(21-22-17)20-14-5-2-12(18)3-6-14/h2-10H,1H3,(H,20,21)(H,22,23). The first-order valence-electron chi connectivity index (χ1n) is 7.49. The van der Waals surface area contributed by atoms with E-state index in [1.807, 2.05) is 0 Å². The van der Waals surface area contributed by atoms with Gasteiger partial charge >= 0.3 is 0 Å². The highest BCUT2D eigenvalue weighted by Crippen LogP contribution is 2.21. The Morgan fingerprint density at radius 3 is 2.23 bits per heavy atom. The molecule has 0 aliphatic carbocycles. The van der Waals surface area contributed by atoms with Crippen LogP contribution < -0.4 is 10.0 Å². The van der Waals surface area contributed by atoms with Crippen LogP contribution in [0.2, 0.25) is 5.02 Å². The molecule has 6 nitrogen and oxygen atoms in total. The third-order valence-electron chi connectivity index (χ3n) is 3.45. The quantitative estimate of drug-likeness (QED) is 0.682. The Bertz CT molecular complexity index is 1030. The average Bonchev–Trinajstić information content (AvgIpc) is 2.58. The number of hydrogen-bond donors (Lipinski definition) is 2. The number of aryl methyl sites for hydroxylation is 1. The Morgan fingerprint density at radius 1 is 0.962 bits per heavy atom. The van der Waals surface area contributed by atoms with Gasteiger partial charge < -0.3 is 5.32 Å². The second kappa shape index (κ2) is 7.27. The first kappa shape index (κ1) is 18.1. The SMILES string of the molecule is Cc1cc(F)ccc1S(=O)(=O)Nc1ccc(Nc2ccc(Cl)cc2)nn1. The second-order valence-corrected chi connectivity index (χ2v) is 7.54. The van der Waals surface area contributed by atoms with E-state index in [1.54, 1.807) is 30.3 Å². The van der Waals surface area contributed by atoms with Crippen LogP contribution in [0.4, 0.5) is 21.7 Å². The zero-order chi connectivity index (χ0) is 18.7. The molecular formula is C17H14ClFN4O2S. The Morgan fingerprint density at radius 2 is 1.62 bits per heavy atom. The van der Waals surface area contributed by atoms with Crippen LogP contribution in [0.1, 0.15) is 5.56 Å². The van der Waals surface area contributed by atoms with E-state index < -0.39 is 15.8 Å². The van der Waals surface area contributed by atoms with E-state index in [0.717, 1.165) is 17.8 Å². The maximum Gasteiger partial charge on any atom is 0.263 e. The van der Waals surface area contributed by atoms with Gasteiger partial charge in [0, 0.05) is 10.7 Å². The van der Waals surface area contributed by atoms with Crippen molar-refractivity contribution in [1.82, 2.24) is 10.2 Å². The fraction of sp³-hybridized carbons (Fsp3) is 0.0588. The molecule has 1 heterocycles. The number of benzene rings is 2. The second-order valence-electron chi connectivity index (χ2n) is 5.45. The van der Waals surface area contributed by atoms with E-state index in [0.29, 0.717) is 16.4 Å². The summed E-state index contributed by atoms with van der Waals surface area (Å²) < 4.78 is 40.3. The van der Waals surface area contributed by atoms with Crippen molar-refractivity contribution >= 4 is 38.9 Å². The molecule has 0 radical (unpaired) electrons. The number of nitrogens with zero attached hydrogens (tertiary/aromatic N) is 2. The number of nitrogens with one attached hydrogen (secondary N) is 2. The van der Waals surface area contributed by atoms with E-state index in [9.17, 15) is 12.8 Å². The minimum atomic E-state index is -3.89. The lowest BCUT2D eigenvalue weighted by Gasteiger charge is -2.10. The Kier molecular flexibility index (Phi) is 5.06. The molecule has 0 fully saturated rings. The zero-order valence-electron chi connectivity index (χ0n) is 13.6. The first-order chi connectivity index (χ1) is 12.3. The third-order valence-corrected chi connectivity index (χ3v) is 5.21. The summed E-state index contributed by atoms with van der Waals surface area (Å²) in [4.78, 5) is -0.0240. The molecule has 26 heavy (non-hydrogen) atoms. The van der Waals surface area contributed by atoms with Gasteiger partial charge in [-0.3, -0.25) is 4.72 Å². The molecule has 0 atom stereocenters. The zero-order valence-corrected chi connectivity index (χ0v) is 15.1. The molecule has 0 spiro atoms. The highest BCUT2D eigenvalue weighted by Gasteiger charge is 2.18. The summed E-state index contributed by atoms with van der Waals surface area (Å²) in [7, 11) is -3.89. The van der Waals surface area contributed by atoms with E-state index in [4.69, 9.17) is 11.6 Å². The number of halogens is 2. The van der Waals surface area contributed by atoms with E-state index in [2.05, 4.69) is 20.2 Å². The molecule has 0 unspecified atom stereocenters. The van der Waals surface area contributed by atoms with E-state index >= 15 is 0 Å². The van der Waals surface area contributed by atoms with Crippen molar-refractivity contribution in [3.63, 3.8) is 0 Å². The molecule has 134 valence electrons. The highest BCUT2D eigenvalue weighted by molar-refractivity contribution is 7.92. The molecule has 0 saturated carbocycles. The molecular weight excluding hydrogens is 379 g/mol. The number of hydrogen-bond acceptors (Lipinski definition) is 5. The first-order valence-corrected chi connectivity index (χ1v) is 9.35. The molecule has 2 aromatic carbocycles. The van der Waals surface area contributed by atoms with Gasteiger partial charge in [-0.15, -0.1) is 10.2 Å². The summed E-state index contributed by atoms with van der Waals surface area (Å²) in [6.45, 7) is 1.52. The van der Waals surface area contributed by atoms with Gasteiger partial charge in [0.25, 0.3) is 10.0 Å². The molecule has 3 rings (SSSR count). The molecule has 0 aliphatic rings. The maximum absolute atomic E-state index is 13.2. The lowest BCUT2D eigenvalue weighted by Crippen LogP contribution is -2.15. The van der Waals surface area contributed by atoms with Crippen LogP contribution >= 0.6 is 11.6 Å². The Hall–Kier alpha value is -2.71. The van der Waals surface area contributed by atoms with Crippen molar-refractivity contribution < 1.29 is 12.8 Å². The number of anilines is 3. The van der Waals surface area contributed by atoms with Gasteiger partial charge in [-0.05, 0) is 67.1 Å². The predicted octanol–water partition coefficient (Wildman–Crippen LogP) is 4.12. The van der Waals surface area contributed by atoms with Gasteiger partial charge in [0.15, 0.2) is 11.6 Å². The van der Waals surface area contributed by atoms with Crippen molar-refractivity contribution in [2.75, 3.05) is 10.0 Å². The van der Waals surface area contributed by atoms with Gasteiger partial charge in [-0.1, -0.05) is 11.6 Å². The molecule has 1 aromatic heterocycles. The summed E-state index contributed by atoms with van der Waals surface area (Å²) in [5, 5.41) is 11.4. The molecule has 2 N–H and O–H groups in total. The van der Waals surface area contributed by atoms with Crippen molar-refractivity contribution in [3.05, 3.63) is 71.0 Å². The summed E-state index contributed by atoms with van der Waals surface area (Å²) in [5.74, 6) is -0.0116. The van der Waals surface area contributed by atoms with Gasteiger partial charge in [0.2, 0.25) is 0 Å². The number of rotatable bonds is 5. The minimum Gasteiger partial charge on any atom is -0.339 e. The van der Waals surface area contributed by atoms with Crippen molar-refractivity contribution in [3.8, 4) is 0 Å². The molecule has 0 saturated heterocycles. The van der Waals surface area contributed by atoms with Gasteiger partial charge in [-0.2, -0.15) is 0 Å². The average molecular weight is 393 g/mol. The summed E-state index contributed by atoms with van der Waals surface area (Å²) in [6, 6.07) is 13.5. The largest absolute Gasteiger partial charge is 0.339 e. The van der Waals surface area contributed by atoms with Gasteiger partial charge in [0.05, 0.1) is 4.90 Å². The normalized spacial score (nSPS) is 11.2. The smallest absolute Gasteiger partial charge is 0.263 e. The van der Waals surface area contributed by atoms with Crippen LogP contribution in [-0.2, 0) is 10.0 Å². The fourth-order valence-electron chi connectivity index (χ4n) is 2.24. The summed E-state index contributed by atoms with van der Waals surface area (Å²) >= 11 is 5.83. The van der Waals surface area contributed by atoms with Gasteiger partial charge in [0.1, 0.15) is 5.82 Å². The fourth-order valence-corrected chi connectivity index (χ4v) is 3.59. The van der Waals surface area contributed by atoms with E-state index in [1.165, 1.54) is 19.1 Å². The van der Waals surface area contributed by atoms with Crippen molar-refractivity contribution in [2.45, 2.75) is 11.8 Å². The Labute approximate surface area is 155 Å². The number of sulfonamides is 1. The maximum atomic E-state index is 13.2. The minimum absolute atomic E-state index is 0.0240. The highest BCUT2D eigenvalue weighted by atomic mass is 35.5. The van der Waals surface area contributed by atoms with Crippen LogP contribution in [0, 0.1) is 12.7 Å². The van der Waals surface area contributed by atoms with Crippen LogP contribution in [0.3, 0.4) is 0 Å². The molecule has 0 aliphatic heterocycles. The topological polar surface area (TPSA) is 84.0 Å². The number of aromatic nitrogens is 2. The molecule has 3 aromatic rings. The lowest BCUT2D eigenvalue weighted by atomic mass is 10.2. The van der Waals surface area contributed by atoms with Crippen molar-refractivity contribution in [2.24, 2.45) is 0 Å². The molecule has 0 bridgehead atoms. The van der Waals surface area contributed by atoms with Crippen LogP contribution in [0.25, 0.3) is 0 Å². The Balaban J connectivity index is 1.75. The van der Waals surface area contributed by atoms with Crippen LogP contribution in [-0.4, -0.2) is 18.6 Å². The third kappa shape index (κ3) is 4.27. The van der Waals surface area contributed by atoms with Gasteiger partial charge in [-0.25, -0.2) is 12.8 Å². The van der Waals surface area contributed by atoms with E-state index in [-0.39, 0.29) is 10.7 Å². The molecule has 9 heteroatoms.